The van der Waals surface area contributed by atoms with E-state index >= 15 is 0 Å². The van der Waals surface area contributed by atoms with Gasteiger partial charge in [0.05, 0.1) is 23.9 Å². The highest BCUT2D eigenvalue weighted by Gasteiger charge is 2.11. The monoisotopic (exact) mass is 268 g/mol. The SMILES string of the molecule is Cc1ccc(-n2cncc2-c2cnccc2N)cc1F. The van der Waals surface area contributed by atoms with E-state index in [4.69, 9.17) is 5.73 Å². The Hall–Kier alpha value is -2.69. The van der Waals surface area contributed by atoms with E-state index in [0.717, 1.165) is 11.3 Å². The molecule has 0 amide bonds. The van der Waals surface area contributed by atoms with Crippen LogP contribution in [-0.2, 0) is 0 Å². The maximum absolute atomic E-state index is 13.7. The lowest BCUT2D eigenvalue weighted by atomic mass is 10.1. The number of aromatic nitrogens is 3. The van der Waals surface area contributed by atoms with Crippen LogP contribution >= 0.6 is 0 Å². The van der Waals surface area contributed by atoms with Crippen molar-refractivity contribution >= 4 is 5.69 Å². The molecule has 0 spiro atoms. The van der Waals surface area contributed by atoms with Gasteiger partial charge in [-0.15, -0.1) is 0 Å². The minimum atomic E-state index is -0.249. The average molecular weight is 268 g/mol. The number of nitrogens with zero attached hydrogens (tertiary/aromatic N) is 3. The normalized spacial score (nSPS) is 10.7. The number of nitrogen functional groups attached to an aromatic ring is 1. The first kappa shape index (κ1) is 12.3. The number of rotatable bonds is 2. The molecular formula is C15H13FN4. The van der Waals surface area contributed by atoms with Crippen LogP contribution in [0.1, 0.15) is 5.56 Å². The van der Waals surface area contributed by atoms with Gasteiger partial charge < -0.3 is 5.73 Å². The van der Waals surface area contributed by atoms with Crippen LogP contribution in [0.4, 0.5) is 10.1 Å². The molecule has 0 bridgehead atoms. The molecule has 100 valence electrons. The molecule has 3 rings (SSSR count). The van der Waals surface area contributed by atoms with Crippen molar-refractivity contribution in [3.8, 4) is 16.9 Å². The molecule has 4 nitrogen and oxygen atoms in total. The van der Waals surface area contributed by atoms with Crippen molar-refractivity contribution in [2.24, 2.45) is 0 Å². The van der Waals surface area contributed by atoms with Gasteiger partial charge in [0.2, 0.25) is 0 Å². The van der Waals surface area contributed by atoms with Crippen molar-refractivity contribution < 1.29 is 4.39 Å². The fraction of sp³-hybridized carbons (Fsp3) is 0.0667. The minimum absolute atomic E-state index is 0.249. The van der Waals surface area contributed by atoms with Gasteiger partial charge in [-0.05, 0) is 30.7 Å². The summed E-state index contributed by atoms with van der Waals surface area (Å²) in [4.78, 5) is 8.20. The number of benzene rings is 1. The minimum Gasteiger partial charge on any atom is -0.398 e. The van der Waals surface area contributed by atoms with E-state index in [-0.39, 0.29) is 5.82 Å². The van der Waals surface area contributed by atoms with Crippen LogP contribution < -0.4 is 5.73 Å². The molecule has 0 aliphatic heterocycles. The molecule has 0 aliphatic rings. The lowest BCUT2D eigenvalue weighted by Crippen LogP contribution is -1.99. The molecule has 0 aliphatic carbocycles. The molecule has 2 N–H and O–H groups in total. The van der Waals surface area contributed by atoms with E-state index in [0.29, 0.717) is 16.9 Å². The van der Waals surface area contributed by atoms with Crippen molar-refractivity contribution in [3.63, 3.8) is 0 Å². The summed E-state index contributed by atoms with van der Waals surface area (Å²) in [5.74, 6) is -0.249. The van der Waals surface area contributed by atoms with Crippen LogP contribution in [0.2, 0.25) is 0 Å². The second-order valence-electron chi connectivity index (χ2n) is 4.55. The molecule has 0 unspecified atom stereocenters. The third-order valence-electron chi connectivity index (χ3n) is 3.20. The van der Waals surface area contributed by atoms with Gasteiger partial charge >= 0.3 is 0 Å². The highest BCUT2D eigenvalue weighted by Crippen LogP contribution is 2.27. The molecule has 20 heavy (non-hydrogen) atoms. The van der Waals surface area contributed by atoms with Crippen LogP contribution in [0.3, 0.4) is 0 Å². The number of halogens is 1. The Balaban J connectivity index is 2.15. The lowest BCUT2D eigenvalue weighted by Gasteiger charge is -2.10. The fourth-order valence-corrected chi connectivity index (χ4v) is 2.05. The molecule has 0 fully saturated rings. The Morgan fingerprint density at radius 3 is 2.75 bits per heavy atom. The zero-order valence-electron chi connectivity index (χ0n) is 10.9. The highest BCUT2D eigenvalue weighted by molar-refractivity contribution is 5.73. The summed E-state index contributed by atoms with van der Waals surface area (Å²) >= 11 is 0. The standard InChI is InChI=1S/C15H13FN4/c1-10-2-3-11(6-13(10)16)20-9-19-8-15(20)12-7-18-5-4-14(12)17/h2-9H,1H3,(H2,17,18). The van der Waals surface area contributed by atoms with Crippen LogP contribution in [0, 0.1) is 12.7 Å². The van der Waals surface area contributed by atoms with Gasteiger partial charge in [0.1, 0.15) is 5.82 Å². The third-order valence-corrected chi connectivity index (χ3v) is 3.20. The summed E-state index contributed by atoms with van der Waals surface area (Å²) in [5.41, 5.74) is 9.42. The molecule has 0 saturated carbocycles. The van der Waals surface area contributed by atoms with Crippen LogP contribution in [-0.4, -0.2) is 14.5 Å². The van der Waals surface area contributed by atoms with Crippen molar-refractivity contribution in [3.05, 3.63) is 60.6 Å². The summed E-state index contributed by atoms with van der Waals surface area (Å²) in [6, 6.07) is 6.78. The number of imidazole rings is 1. The van der Waals surface area contributed by atoms with Crippen LogP contribution in [0.25, 0.3) is 16.9 Å². The Morgan fingerprint density at radius 2 is 2.00 bits per heavy atom. The Labute approximate surface area is 115 Å². The molecule has 2 heterocycles. The number of hydrogen-bond donors (Lipinski definition) is 1. The van der Waals surface area contributed by atoms with Gasteiger partial charge in [-0.1, -0.05) is 6.07 Å². The van der Waals surface area contributed by atoms with Crippen molar-refractivity contribution in [2.45, 2.75) is 6.92 Å². The van der Waals surface area contributed by atoms with Gasteiger partial charge in [-0.3, -0.25) is 9.55 Å². The predicted octanol–water partition coefficient (Wildman–Crippen LogP) is 2.96. The Bertz CT molecular complexity index is 764. The van der Waals surface area contributed by atoms with E-state index < -0.39 is 0 Å². The number of anilines is 1. The van der Waals surface area contributed by atoms with Gasteiger partial charge in [-0.25, -0.2) is 9.37 Å². The number of nitrogens with two attached hydrogens (primary N) is 1. The summed E-state index contributed by atoms with van der Waals surface area (Å²) in [6.07, 6.45) is 6.62. The molecule has 0 saturated heterocycles. The highest BCUT2D eigenvalue weighted by atomic mass is 19.1. The lowest BCUT2D eigenvalue weighted by molar-refractivity contribution is 0.617. The maximum atomic E-state index is 13.7. The molecular weight excluding hydrogens is 255 g/mol. The molecule has 0 radical (unpaired) electrons. The zero-order valence-corrected chi connectivity index (χ0v) is 10.9. The van der Waals surface area contributed by atoms with Crippen molar-refractivity contribution in [1.82, 2.24) is 14.5 Å². The summed E-state index contributed by atoms with van der Waals surface area (Å²) in [7, 11) is 0. The molecule has 5 heteroatoms. The van der Waals surface area contributed by atoms with Gasteiger partial charge in [0.25, 0.3) is 0 Å². The van der Waals surface area contributed by atoms with E-state index in [1.165, 1.54) is 6.07 Å². The largest absolute Gasteiger partial charge is 0.398 e. The third kappa shape index (κ3) is 2.03. The molecule has 0 atom stereocenters. The Kier molecular flexibility index (Phi) is 2.95. The van der Waals surface area contributed by atoms with Gasteiger partial charge in [0.15, 0.2) is 0 Å². The summed E-state index contributed by atoms with van der Waals surface area (Å²) in [5, 5.41) is 0. The first-order valence-electron chi connectivity index (χ1n) is 6.15. The topological polar surface area (TPSA) is 56.7 Å². The van der Waals surface area contributed by atoms with Crippen LogP contribution in [0.5, 0.6) is 0 Å². The van der Waals surface area contributed by atoms with E-state index in [1.807, 2.05) is 6.07 Å². The first-order chi connectivity index (χ1) is 9.66. The van der Waals surface area contributed by atoms with Crippen molar-refractivity contribution in [1.29, 1.82) is 0 Å². The number of pyridine rings is 1. The second kappa shape index (κ2) is 4.77. The van der Waals surface area contributed by atoms with Crippen molar-refractivity contribution in [2.75, 3.05) is 5.73 Å². The van der Waals surface area contributed by atoms with Crippen LogP contribution in [0.15, 0.2) is 49.2 Å². The zero-order chi connectivity index (χ0) is 14.1. The average Bonchev–Trinajstić information content (AvgIpc) is 2.91. The summed E-state index contributed by atoms with van der Waals surface area (Å²) in [6.45, 7) is 1.73. The molecule has 1 aromatic carbocycles. The molecule has 2 aromatic heterocycles. The molecule has 3 aromatic rings. The van der Waals surface area contributed by atoms with E-state index in [1.54, 1.807) is 48.5 Å². The van der Waals surface area contributed by atoms with E-state index in [9.17, 15) is 4.39 Å². The smallest absolute Gasteiger partial charge is 0.128 e. The summed E-state index contributed by atoms with van der Waals surface area (Å²) < 4.78 is 15.5. The fourth-order valence-electron chi connectivity index (χ4n) is 2.05. The van der Waals surface area contributed by atoms with Gasteiger partial charge in [-0.2, -0.15) is 0 Å². The predicted molar refractivity (Wildman–Crippen MR) is 75.9 cm³/mol. The second-order valence-corrected chi connectivity index (χ2v) is 4.55. The number of hydrogen-bond acceptors (Lipinski definition) is 3. The Morgan fingerprint density at radius 1 is 1.15 bits per heavy atom. The van der Waals surface area contributed by atoms with Gasteiger partial charge in [0, 0.05) is 23.6 Å². The maximum Gasteiger partial charge on any atom is 0.128 e. The van der Waals surface area contributed by atoms with E-state index in [2.05, 4.69) is 9.97 Å². The number of aryl methyl sites for hydroxylation is 1. The first-order valence-corrected chi connectivity index (χ1v) is 6.15. The quantitative estimate of drug-likeness (QED) is 0.777.